The maximum Gasteiger partial charge on any atom is 0.255 e. The van der Waals surface area contributed by atoms with Gasteiger partial charge in [-0.3, -0.25) is 9.59 Å². The van der Waals surface area contributed by atoms with Crippen molar-refractivity contribution in [1.82, 2.24) is 10.1 Å². The van der Waals surface area contributed by atoms with E-state index < -0.39 is 5.82 Å². The molecular weight excluding hydrogens is 349 g/mol. The van der Waals surface area contributed by atoms with Gasteiger partial charge in [0.15, 0.2) is 5.82 Å². The van der Waals surface area contributed by atoms with Crippen LogP contribution in [0.15, 0.2) is 28.8 Å². The zero-order valence-electron chi connectivity index (χ0n) is 13.6. The number of piperidine rings is 1. The number of carbonyl (C=O) groups excluding carboxylic acids is 2. The smallest absolute Gasteiger partial charge is 0.255 e. The molecular formula is C17H17ClFN3O3. The normalized spacial score (nSPS) is 15.2. The first-order valence-electron chi connectivity index (χ1n) is 7.92. The molecule has 3 rings (SSSR count). The van der Waals surface area contributed by atoms with Crippen LogP contribution in [-0.4, -0.2) is 35.0 Å². The van der Waals surface area contributed by atoms with Crippen LogP contribution < -0.4 is 5.32 Å². The molecule has 6 nitrogen and oxygen atoms in total. The Morgan fingerprint density at radius 3 is 2.64 bits per heavy atom. The fourth-order valence-corrected chi connectivity index (χ4v) is 3.08. The van der Waals surface area contributed by atoms with E-state index in [0.717, 1.165) is 6.07 Å². The average Bonchev–Trinajstić information content (AvgIpc) is 2.99. The number of hydrogen-bond donors (Lipinski definition) is 1. The van der Waals surface area contributed by atoms with Crippen LogP contribution in [0.1, 0.15) is 29.0 Å². The van der Waals surface area contributed by atoms with Crippen LogP contribution in [-0.2, 0) is 4.79 Å². The minimum absolute atomic E-state index is 0.0891. The molecule has 8 heteroatoms. The fraction of sp³-hybridized carbons (Fsp3) is 0.353. The lowest BCUT2D eigenvalue weighted by molar-refractivity contribution is -0.121. The average molecular weight is 366 g/mol. The molecule has 0 unspecified atom stereocenters. The molecule has 0 spiro atoms. The first-order chi connectivity index (χ1) is 11.9. The summed E-state index contributed by atoms with van der Waals surface area (Å²) in [4.78, 5) is 26.4. The molecule has 2 aromatic rings. The van der Waals surface area contributed by atoms with Crippen LogP contribution in [0.2, 0.25) is 5.02 Å². The zero-order valence-corrected chi connectivity index (χ0v) is 14.3. The quantitative estimate of drug-likeness (QED) is 0.905. The van der Waals surface area contributed by atoms with Gasteiger partial charge in [0.25, 0.3) is 5.91 Å². The van der Waals surface area contributed by atoms with Gasteiger partial charge in [0.1, 0.15) is 11.6 Å². The van der Waals surface area contributed by atoms with Gasteiger partial charge >= 0.3 is 0 Å². The molecule has 0 radical (unpaired) electrons. The van der Waals surface area contributed by atoms with Gasteiger partial charge in [-0.2, -0.15) is 0 Å². The van der Waals surface area contributed by atoms with Crippen molar-refractivity contribution >= 4 is 29.2 Å². The second-order valence-electron chi connectivity index (χ2n) is 6.00. The molecule has 0 bridgehead atoms. The van der Waals surface area contributed by atoms with Crippen LogP contribution in [0.4, 0.5) is 10.2 Å². The van der Waals surface area contributed by atoms with Crippen molar-refractivity contribution in [2.75, 3.05) is 18.4 Å². The van der Waals surface area contributed by atoms with Crippen molar-refractivity contribution < 1.29 is 18.5 Å². The van der Waals surface area contributed by atoms with Crippen LogP contribution >= 0.6 is 11.6 Å². The van der Waals surface area contributed by atoms with Crippen LogP contribution in [0.25, 0.3) is 0 Å². The van der Waals surface area contributed by atoms with Gasteiger partial charge in [0.05, 0.1) is 10.6 Å². The first-order valence-corrected chi connectivity index (χ1v) is 8.30. The number of hydrogen-bond acceptors (Lipinski definition) is 4. The second-order valence-corrected chi connectivity index (χ2v) is 6.41. The monoisotopic (exact) mass is 365 g/mol. The molecule has 1 aliphatic rings. The Labute approximate surface area is 148 Å². The highest BCUT2D eigenvalue weighted by molar-refractivity contribution is 6.33. The van der Waals surface area contributed by atoms with E-state index in [1.807, 2.05) is 0 Å². The van der Waals surface area contributed by atoms with Crippen molar-refractivity contribution in [3.8, 4) is 0 Å². The summed E-state index contributed by atoms with van der Waals surface area (Å²) in [6.45, 7) is 2.61. The Balaban J connectivity index is 1.57. The van der Waals surface area contributed by atoms with E-state index in [4.69, 9.17) is 16.1 Å². The third kappa shape index (κ3) is 3.99. The number of aromatic nitrogens is 1. The molecule has 1 aromatic carbocycles. The van der Waals surface area contributed by atoms with Gasteiger partial charge in [0, 0.05) is 25.1 Å². The van der Waals surface area contributed by atoms with Crippen molar-refractivity contribution in [3.05, 3.63) is 46.4 Å². The molecule has 1 saturated heterocycles. The van der Waals surface area contributed by atoms with E-state index in [0.29, 0.717) is 37.5 Å². The van der Waals surface area contributed by atoms with Gasteiger partial charge in [0.2, 0.25) is 5.91 Å². The summed E-state index contributed by atoms with van der Waals surface area (Å²) in [5.41, 5.74) is 0.268. The van der Waals surface area contributed by atoms with Crippen molar-refractivity contribution in [3.63, 3.8) is 0 Å². The summed E-state index contributed by atoms with van der Waals surface area (Å²) < 4.78 is 18.0. The standard InChI is InChI=1S/C17H17ClFN3O3/c1-10-8-15(21-25-10)20-16(23)11-4-6-22(7-5-11)17(24)13-3-2-12(19)9-14(13)18/h2-3,8-9,11H,4-7H2,1H3,(H,20,21,23). The Morgan fingerprint density at radius 1 is 1.32 bits per heavy atom. The third-order valence-electron chi connectivity index (χ3n) is 4.19. The number of nitrogens with zero attached hydrogens (tertiary/aromatic N) is 2. The molecule has 0 aliphatic carbocycles. The molecule has 2 heterocycles. The molecule has 1 aromatic heterocycles. The topological polar surface area (TPSA) is 75.4 Å². The summed E-state index contributed by atoms with van der Waals surface area (Å²) in [7, 11) is 0. The molecule has 1 aliphatic heterocycles. The van der Waals surface area contributed by atoms with E-state index in [-0.39, 0.29) is 28.3 Å². The summed E-state index contributed by atoms with van der Waals surface area (Å²) in [5, 5.41) is 6.54. The minimum atomic E-state index is -0.486. The molecule has 132 valence electrons. The predicted molar refractivity (Wildman–Crippen MR) is 89.9 cm³/mol. The zero-order chi connectivity index (χ0) is 18.0. The Bertz CT molecular complexity index is 800. The maximum atomic E-state index is 13.1. The van der Waals surface area contributed by atoms with E-state index in [1.54, 1.807) is 17.9 Å². The largest absolute Gasteiger partial charge is 0.360 e. The number of benzene rings is 1. The van der Waals surface area contributed by atoms with Crippen molar-refractivity contribution in [2.24, 2.45) is 5.92 Å². The lowest BCUT2D eigenvalue weighted by atomic mass is 9.95. The highest BCUT2D eigenvalue weighted by Crippen LogP contribution is 2.24. The Kier molecular flexibility index (Phi) is 5.03. The first kappa shape index (κ1) is 17.4. The van der Waals surface area contributed by atoms with Gasteiger partial charge < -0.3 is 14.7 Å². The number of anilines is 1. The highest BCUT2D eigenvalue weighted by atomic mass is 35.5. The maximum absolute atomic E-state index is 13.1. The van der Waals surface area contributed by atoms with Crippen LogP contribution in [0, 0.1) is 18.7 Å². The number of carbonyl (C=O) groups is 2. The molecule has 0 atom stereocenters. The van der Waals surface area contributed by atoms with E-state index in [9.17, 15) is 14.0 Å². The van der Waals surface area contributed by atoms with Crippen molar-refractivity contribution in [2.45, 2.75) is 19.8 Å². The second kappa shape index (κ2) is 7.23. The Hall–Kier alpha value is -2.41. The van der Waals surface area contributed by atoms with Gasteiger partial charge in [-0.05, 0) is 38.0 Å². The lowest BCUT2D eigenvalue weighted by Gasteiger charge is -2.31. The van der Waals surface area contributed by atoms with Crippen LogP contribution in [0.3, 0.4) is 0 Å². The number of rotatable bonds is 3. The van der Waals surface area contributed by atoms with Crippen molar-refractivity contribution in [1.29, 1.82) is 0 Å². The van der Waals surface area contributed by atoms with Gasteiger partial charge in [-0.25, -0.2) is 4.39 Å². The molecule has 0 saturated carbocycles. The summed E-state index contributed by atoms with van der Waals surface area (Å²) in [6, 6.07) is 5.35. The number of likely N-dealkylation sites (tertiary alicyclic amines) is 1. The lowest BCUT2D eigenvalue weighted by Crippen LogP contribution is -2.41. The minimum Gasteiger partial charge on any atom is -0.360 e. The predicted octanol–water partition coefficient (Wildman–Crippen LogP) is 3.27. The molecule has 2 amide bonds. The molecule has 1 fully saturated rings. The van der Waals surface area contributed by atoms with Gasteiger partial charge in [-0.15, -0.1) is 0 Å². The van der Waals surface area contributed by atoms with E-state index >= 15 is 0 Å². The fourth-order valence-electron chi connectivity index (χ4n) is 2.83. The number of nitrogens with one attached hydrogen (secondary N) is 1. The number of halogens is 2. The van der Waals surface area contributed by atoms with Gasteiger partial charge in [-0.1, -0.05) is 16.8 Å². The third-order valence-corrected chi connectivity index (χ3v) is 4.51. The number of amides is 2. The highest BCUT2D eigenvalue weighted by Gasteiger charge is 2.29. The summed E-state index contributed by atoms with van der Waals surface area (Å²) >= 11 is 5.95. The SMILES string of the molecule is Cc1cc(NC(=O)C2CCN(C(=O)c3ccc(F)cc3Cl)CC2)no1. The van der Waals surface area contributed by atoms with Crippen LogP contribution in [0.5, 0.6) is 0 Å². The summed E-state index contributed by atoms with van der Waals surface area (Å²) in [6.07, 6.45) is 1.07. The molecule has 1 N–H and O–H groups in total. The Morgan fingerprint density at radius 2 is 2.04 bits per heavy atom. The van der Waals surface area contributed by atoms with E-state index in [1.165, 1.54) is 12.1 Å². The number of aryl methyl sites for hydroxylation is 1. The van der Waals surface area contributed by atoms with E-state index in [2.05, 4.69) is 10.5 Å². The molecule has 25 heavy (non-hydrogen) atoms. The summed E-state index contributed by atoms with van der Waals surface area (Å²) in [5.74, 6) is -0.0769.